The highest BCUT2D eigenvalue weighted by Gasteiger charge is 2.19. The Morgan fingerprint density at radius 1 is 1.24 bits per heavy atom. The molecule has 0 aromatic carbocycles. The summed E-state index contributed by atoms with van der Waals surface area (Å²) in [5.74, 6) is 0.672. The van der Waals surface area contributed by atoms with Gasteiger partial charge in [0.25, 0.3) is 0 Å². The molecule has 0 unspecified atom stereocenters. The van der Waals surface area contributed by atoms with Crippen LogP contribution in [0.4, 0.5) is 5.69 Å². The molecule has 3 rings (SSSR count). The number of anilines is 1. The molecule has 106 valence electrons. The Labute approximate surface area is 122 Å². The Balaban J connectivity index is 1.75. The number of furan rings is 1. The first-order chi connectivity index (χ1) is 10.3. The minimum atomic E-state index is -0.160. The highest BCUT2D eigenvalue weighted by Crippen LogP contribution is 2.23. The summed E-state index contributed by atoms with van der Waals surface area (Å²) in [6, 6.07) is 11.0. The van der Waals surface area contributed by atoms with Crippen LogP contribution in [0.3, 0.4) is 0 Å². The molecule has 0 bridgehead atoms. The SMILES string of the molecule is O=C(C[C@@H](c1ccco1)n1cccc1)Nc1cccnc1. The van der Waals surface area contributed by atoms with Gasteiger partial charge < -0.3 is 14.3 Å². The zero-order chi connectivity index (χ0) is 14.5. The molecular formula is C16H15N3O2. The second-order valence-corrected chi connectivity index (χ2v) is 4.66. The molecule has 1 N–H and O–H groups in total. The summed E-state index contributed by atoms with van der Waals surface area (Å²) < 4.78 is 7.42. The van der Waals surface area contributed by atoms with Crippen molar-refractivity contribution in [1.29, 1.82) is 0 Å². The summed E-state index contributed by atoms with van der Waals surface area (Å²) in [5.41, 5.74) is 0.688. The first-order valence-corrected chi connectivity index (χ1v) is 6.68. The Bertz CT molecular complexity index is 641. The van der Waals surface area contributed by atoms with E-state index in [2.05, 4.69) is 10.3 Å². The average molecular weight is 281 g/mol. The average Bonchev–Trinajstić information content (AvgIpc) is 3.19. The summed E-state index contributed by atoms with van der Waals surface area (Å²) in [5, 5.41) is 2.84. The van der Waals surface area contributed by atoms with Crippen molar-refractivity contribution in [1.82, 2.24) is 9.55 Å². The van der Waals surface area contributed by atoms with Gasteiger partial charge in [-0.15, -0.1) is 0 Å². The number of nitrogens with one attached hydrogen (secondary N) is 1. The molecule has 0 aliphatic heterocycles. The molecule has 0 saturated carbocycles. The Morgan fingerprint density at radius 2 is 2.10 bits per heavy atom. The number of carbonyl (C=O) groups is 1. The van der Waals surface area contributed by atoms with Crippen LogP contribution in [-0.4, -0.2) is 15.5 Å². The van der Waals surface area contributed by atoms with Crippen molar-refractivity contribution in [3.63, 3.8) is 0 Å². The maximum atomic E-state index is 12.2. The van der Waals surface area contributed by atoms with Gasteiger partial charge in [0.05, 0.1) is 30.6 Å². The molecule has 0 fully saturated rings. The maximum absolute atomic E-state index is 12.2. The van der Waals surface area contributed by atoms with Gasteiger partial charge in [-0.3, -0.25) is 9.78 Å². The third-order valence-electron chi connectivity index (χ3n) is 3.18. The van der Waals surface area contributed by atoms with E-state index in [-0.39, 0.29) is 18.4 Å². The highest BCUT2D eigenvalue weighted by atomic mass is 16.3. The van der Waals surface area contributed by atoms with Crippen LogP contribution in [0.15, 0.2) is 71.9 Å². The van der Waals surface area contributed by atoms with Gasteiger partial charge >= 0.3 is 0 Å². The Hall–Kier alpha value is -2.82. The second-order valence-electron chi connectivity index (χ2n) is 4.66. The van der Waals surface area contributed by atoms with Crippen LogP contribution in [-0.2, 0) is 4.79 Å². The molecule has 0 radical (unpaired) electrons. The van der Waals surface area contributed by atoms with Gasteiger partial charge in [0, 0.05) is 18.6 Å². The van der Waals surface area contributed by atoms with Crippen LogP contribution in [0.5, 0.6) is 0 Å². The van der Waals surface area contributed by atoms with E-state index in [0.717, 1.165) is 5.76 Å². The number of carbonyl (C=O) groups excluding carboxylic acids is 1. The van der Waals surface area contributed by atoms with Crippen molar-refractivity contribution in [3.05, 3.63) is 73.2 Å². The fourth-order valence-corrected chi connectivity index (χ4v) is 2.21. The first-order valence-electron chi connectivity index (χ1n) is 6.68. The Kier molecular flexibility index (Phi) is 3.82. The first kappa shape index (κ1) is 13.2. The summed E-state index contributed by atoms with van der Waals surface area (Å²) in [7, 11) is 0. The van der Waals surface area contributed by atoms with Gasteiger partial charge in [0.1, 0.15) is 5.76 Å². The highest BCUT2D eigenvalue weighted by molar-refractivity contribution is 5.90. The molecule has 1 atom stereocenters. The fourth-order valence-electron chi connectivity index (χ4n) is 2.21. The van der Waals surface area contributed by atoms with E-state index in [1.165, 1.54) is 0 Å². The van der Waals surface area contributed by atoms with Crippen LogP contribution in [0.2, 0.25) is 0 Å². The lowest BCUT2D eigenvalue weighted by Gasteiger charge is -2.16. The molecule has 3 aromatic heterocycles. The van der Waals surface area contributed by atoms with Gasteiger partial charge in [-0.2, -0.15) is 0 Å². The van der Waals surface area contributed by atoms with Crippen molar-refractivity contribution in [2.24, 2.45) is 0 Å². The third kappa shape index (κ3) is 3.20. The lowest BCUT2D eigenvalue weighted by Crippen LogP contribution is -2.19. The lowest BCUT2D eigenvalue weighted by molar-refractivity contribution is -0.116. The van der Waals surface area contributed by atoms with Crippen molar-refractivity contribution in [2.75, 3.05) is 5.32 Å². The van der Waals surface area contributed by atoms with Crippen molar-refractivity contribution >= 4 is 11.6 Å². The molecule has 5 heteroatoms. The molecular weight excluding hydrogens is 266 g/mol. The summed E-state index contributed by atoms with van der Waals surface area (Å²) in [6.45, 7) is 0. The molecule has 5 nitrogen and oxygen atoms in total. The molecule has 0 spiro atoms. The zero-order valence-electron chi connectivity index (χ0n) is 11.3. The van der Waals surface area contributed by atoms with Crippen LogP contribution in [0.25, 0.3) is 0 Å². The number of hydrogen-bond donors (Lipinski definition) is 1. The van der Waals surface area contributed by atoms with E-state index in [0.29, 0.717) is 5.69 Å². The number of aromatic nitrogens is 2. The van der Waals surface area contributed by atoms with Crippen LogP contribution >= 0.6 is 0 Å². The summed E-state index contributed by atoms with van der Waals surface area (Å²) in [4.78, 5) is 16.2. The predicted molar refractivity (Wildman–Crippen MR) is 78.8 cm³/mol. The van der Waals surface area contributed by atoms with Crippen LogP contribution in [0.1, 0.15) is 18.2 Å². The van der Waals surface area contributed by atoms with Crippen LogP contribution in [0, 0.1) is 0 Å². The zero-order valence-corrected chi connectivity index (χ0v) is 11.3. The number of rotatable bonds is 5. The molecule has 3 heterocycles. The number of pyridine rings is 1. The molecule has 21 heavy (non-hydrogen) atoms. The Morgan fingerprint density at radius 3 is 2.76 bits per heavy atom. The molecule has 0 aliphatic carbocycles. The predicted octanol–water partition coefficient (Wildman–Crippen LogP) is 3.09. The second kappa shape index (κ2) is 6.09. The number of hydrogen-bond acceptors (Lipinski definition) is 3. The monoisotopic (exact) mass is 281 g/mol. The quantitative estimate of drug-likeness (QED) is 0.781. The van der Waals surface area contributed by atoms with E-state index in [1.807, 2.05) is 47.3 Å². The van der Waals surface area contributed by atoms with Gasteiger partial charge in [0.2, 0.25) is 5.91 Å². The lowest BCUT2D eigenvalue weighted by atomic mass is 10.1. The van der Waals surface area contributed by atoms with Crippen molar-refractivity contribution < 1.29 is 9.21 Å². The standard InChI is InChI=1S/C16H15N3O2/c20-16(18-13-5-3-7-17-12-13)11-14(15-6-4-10-21-15)19-8-1-2-9-19/h1-10,12,14H,11H2,(H,18,20)/t14-/m0/s1. The molecule has 0 saturated heterocycles. The van der Waals surface area contributed by atoms with E-state index >= 15 is 0 Å². The van der Waals surface area contributed by atoms with Crippen molar-refractivity contribution in [2.45, 2.75) is 12.5 Å². The van der Waals surface area contributed by atoms with E-state index < -0.39 is 0 Å². The normalized spacial score (nSPS) is 12.0. The third-order valence-corrected chi connectivity index (χ3v) is 3.18. The van der Waals surface area contributed by atoms with E-state index in [1.54, 1.807) is 24.7 Å². The van der Waals surface area contributed by atoms with Gasteiger partial charge in [0.15, 0.2) is 0 Å². The van der Waals surface area contributed by atoms with Gasteiger partial charge in [-0.05, 0) is 36.4 Å². The largest absolute Gasteiger partial charge is 0.467 e. The summed E-state index contributed by atoms with van der Waals surface area (Å²) >= 11 is 0. The minimum absolute atomic E-state index is 0.0851. The fraction of sp³-hybridized carbons (Fsp3) is 0.125. The molecule has 0 aliphatic rings. The van der Waals surface area contributed by atoms with E-state index in [9.17, 15) is 4.79 Å². The smallest absolute Gasteiger partial charge is 0.226 e. The molecule has 1 amide bonds. The van der Waals surface area contributed by atoms with Crippen molar-refractivity contribution in [3.8, 4) is 0 Å². The molecule has 3 aromatic rings. The number of amides is 1. The topological polar surface area (TPSA) is 60.1 Å². The number of nitrogens with zero attached hydrogens (tertiary/aromatic N) is 2. The van der Waals surface area contributed by atoms with Gasteiger partial charge in [-0.1, -0.05) is 0 Å². The summed E-state index contributed by atoms with van der Waals surface area (Å²) in [6.07, 6.45) is 9.04. The van der Waals surface area contributed by atoms with Crippen LogP contribution < -0.4 is 5.32 Å². The minimum Gasteiger partial charge on any atom is -0.467 e. The van der Waals surface area contributed by atoms with E-state index in [4.69, 9.17) is 4.42 Å². The maximum Gasteiger partial charge on any atom is 0.226 e. The van der Waals surface area contributed by atoms with Gasteiger partial charge in [-0.25, -0.2) is 0 Å².